The van der Waals surface area contributed by atoms with Crippen LogP contribution in [0.5, 0.6) is 5.75 Å². The van der Waals surface area contributed by atoms with Crippen LogP contribution in [0.15, 0.2) is 84.9 Å². The molecule has 0 saturated heterocycles. The molecule has 0 bridgehead atoms. The Morgan fingerprint density at radius 1 is 0.939 bits per heavy atom. The molecule has 172 valence electrons. The van der Waals surface area contributed by atoms with E-state index in [0.29, 0.717) is 30.0 Å². The highest BCUT2D eigenvalue weighted by Crippen LogP contribution is 2.24. The highest BCUT2D eigenvalue weighted by Gasteiger charge is 2.31. The first-order valence-corrected chi connectivity index (χ1v) is 10.6. The summed E-state index contributed by atoms with van der Waals surface area (Å²) in [5, 5.41) is 2.83. The average Bonchev–Trinajstić information content (AvgIpc) is 2.85. The van der Waals surface area contributed by atoms with Gasteiger partial charge in [0.1, 0.15) is 17.6 Å². The zero-order valence-electron chi connectivity index (χ0n) is 18.4. The minimum atomic E-state index is -0.903. The minimum Gasteiger partial charge on any atom is -0.484 e. The number of carbonyl (C=O) groups is 2. The van der Waals surface area contributed by atoms with Crippen LogP contribution >= 0.6 is 0 Å². The van der Waals surface area contributed by atoms with Gasteiger partial charge in [-0.3, -0.25) is 9.59 Å². The normalized spacial score (nSPS) is 11.5. The van der Waals surface area contributed by atoms with Crippen molar-refractivity contribution < 1.29 is 23.5 Å². The molecule has 3 aromatic rings. The maximum Gasteiger partial charge on any atom is 0.261 e. The van der Waals surface area contributed by atoms with Crippen molar-refractivity contribution in [1.82, 2.24) is 10.2 Å². The van der Waals surface area contributed by atoms with Crippen molar-refractivity contribution in [2.24, 2.45) is 0 Å². The molecule has 0 radical (unpaired) electrons. The second-order valence-electron chi connectivity index (χ2n) is 7.35. The summed E-state index contributed by atoms with van der Waals surface area (Å²) in [4.78, 5) is 28.0. The number of rotatable bonds is 11. The fourth-order valence-corrected chi connectivity index (χ4v) is 3.34. The summed E-state index contributed by atoms with van der Waals surface area (Å²) in [6.45, 7) is 0.502. The van der Waals surface area contributed by atoms with Crippen LogP contribution in [0.25, 0.3) is 0 Å². The lowest BCUT2D eigenvalue weighted by Gasteiger charge is -2.31. The van der Waals surface area contributed by atoms with E-state index in [1.807, 2.05) is 36.4 Å². The summed E-state index contributed by atoms with van der Waals surface area (Å²) in [6.07, 6.45) is 0. The van der Waals surface area contributed by atoms with E-state index in [-0.39, 0.29) is 30.8 Å². The monoisotopic (exact) mass is 450 g/mol. The summed E-state index contributed by atoms with van der Waals surface area (Å²) in [5.74, 6) is -0.540. The molecule has 1 N–H and O–H groups in total. The zero-order chi connectivity index (χ0) is 23.5. The predicted octanol–water partition coefficient (Wildman–Crippen LogP) is 3.74. The van der Waals surface area contributed by atoms with Gasteiger partial charge in [0.15, 0.2) is 6.61 Å². The number of hydrogen-bond acceptors (Lipinski definition) is 4. The van der Waals surface area contributed by atoms with Gasteiger partial charge >= 0.3 is 0 Å². The molecule has 0 saturated carbocycles. The first-order valence-electron chi connectivity index (χ1n) is 10.6. The van der Waals surface area contributed by atoms with Crippen molar-refractivity contribution >= 4 is 11.8 Å². The summed E-state index contributed by atoms with van der Waals surface area (Å²) in [5.41, 5.74) is 1.35. The van der Waals surface area contributed by atoms with E-state index >= 15 is 0 Å². The molecule has 33 heavy (non-hydrogen) atoms. The van der Waals surface area contributed by atoms with Crippen LogP contribution in [0, 0.1) is 5.82 Å². The van der Waals surface area contributed by atoms with Gasteiger partial charge in [-0.2, -0.15) is 0 Å². The van der Waals surface area contributed by atoms with Crippen molar-refractivity contribution in [3.05, 3.63) is 102 Å². The van der Waals surface area contributed by atoms with Crippen molar-refractivity contribution in [2.75, 3.05) is 26.9 Å². The number of benzene rings is 3. The lowest BCUT2D eigenvalue weighted by molar-refractivity contribution is -0.143. The topological polar surface area (TPSA) is 67.9 Å². The third-order valence-corrected chi connectivity index (χ3v) is 4.97. The second kappa shape index (κ2) is 12.4. The van der Waals surface area contributed by atoms with Gasteiger partial charge in [0.2, 0.25) is 5.91 Å². The van der Waals surface area contributed by atoms with E-state index < -0.39 is 6.04 Å². The molecule has 0 aliphatic rings. The second-order valence-corrected chi connectivity index (χ2v) is 7.35. The SMILES string of the molecule is COCCNC(=O)C(c1ccccc1)N(Cc1ccc(F)cc1)C(=O)COc1ccccc1. The smallest absolute Gasteiger partial charge is 0.261 e. The molecule has 0 spiro atoms. The Balaban J connectivity index is 1.90. The maximum absolute atomic E-state index is 13.4. The number of carbonyl (C=O) groups excluding carboxylic acids is 2. The molecule has 1 unspecified atom stereocenters. The van der Waals surface area contributed by atoms with E-state index in [1.165, 1.54) is 17.0 Å². The summed E-state index contributed by atoms with van der Waals surface area (Å²) in [7, 11) is 1.55. The predicted molar refractivity (Wildman–Crippen MR) is 123 cm³/mol. The Kier molecular flexibility index (Phi) is 8.97. The standard InChI is InChI=1S/C26H27FN2O4/c1-32-17-16-28-26(31)25(21-8-4-2-5-9-21)29(18-20-12-14-22(27)15-13-20)24(30)19-33-23-10-6-3-7-11-23/h2-15,25H,16-19H2,1H3,(H,28,31). The number of para-hydroxylation sites is 1. The van der Waals surface area contributed by atoms with Crippen molar-refractivity contribution in [1.29, 1.82) is 0 Å². The molecule has 0 heterocycles. The van der Waals surface area contributed by atoms with Gasteiger partial charge in [0.05, 0.1) is 6.61 Å². The van der Waals surface area contributed by atoms with Gasteiger partial charge in [0.25, 0.3) is 5.91 Å². The van der Waals surface area contributed by atoms with Crippen LogP contribution in [0.2, 0.25) is 0 Å². The van der Waals surface area contributed by atoms with Crippen LogP contribution in [0.1, 0.15) is 17.2 Å². The van der Waals surface area contributed by atoms with Crippen molar-refractivity contribution in [3.63, 3.8) is 0 Å². The molecule has 1 atom stereocenters. The molecular formula is C26H27FN2O4. The number of halogens is 1. The number of amides is 2. The zero-order valence-corrected chi connectivity index (χ0v) is 18.4. The number of hydrogen-bond donors (Lipinski definition) is 1. The third-order valence-electron chi connectivity index (χ3n) is 4.97. The van der Waals surface area contributed by atoms with Gasteiger partial charge in [-0.1, -0.05) is 60.7 Å². The Labute approximate surface area is 192 Å². The molecule has 0 aliphatic carbocycles. The maximum atomic E-state index is 13.4. The Morgan fingerprint density at radius 3 is 2.21 bits per heavy atom. The Hall–Kier alpha value is -3.71. The molecule has 0 aliphatic heterocycles. The van der Waals surface area contributed by atoms with Crippen LogP contribution < -0.4 is 10.1 Å². The molecule has 7 heteroatoms. The number of methoxy groups -OCH3 is 1. The van der Waals surface area contributed by atoms with Gasteiger partial charge in [-0.25, -0.2) is 4.39 Å². The molecule has 3 rings (SSSR count). The summed E-state index contributed by atoms with van der Waals surface area (Å²) >= 11 is 0. The van der Waals surface area contributed by atoms with Gasteiger partial charge in [-0.15, -0.1) is 0 Å². The van der Waals surface area contributed by atoms with E-state index in [2.05, 4.69) is 5.32 Å². The first kappa shape index (κ1) is 23.9. The highest BCUT2D eigenvalue weighted by atomic mass is 19.1. The first-order chi connectivity index (χ1) is 16.1. The van der Waals surface area contributed by atoms with Crippen molar-refractivity contribution in [2.45, 2.75) is 12.6 Å². The van der Waals surface area contributed by atoms with E-state index in [4.69, 9.17) is 9.47 Å². The van der Waals surface area contributed by atoms with Crippen LogP contribution in [0.4, 0.5) is 4.39 Å². The van der Waals surface area contributed by atoms with Crippen LogP contribution in [0.3, 0.4) is 0 Å². The molecular weight excluding hydrogens is 423 g/mol. The van der Waals surface area contributed by atoms with Crippen LogP contribution in [-0.2, 0) is 20.9 Å². The lowest BCUT2D eigenvalue weighted by Crippen LogP contribution is -2.45. The largest absolute Gasteiger partial charge is 0.484 e. The molecule has 6 nitrogen and oxygen atoms in total. The molecule has 0 aromatic heterocycles. The minimum absolute atomic E-state index is 0.106. The summed E-state index contributed by atoms with van der Waals surface area (Å²) < 4.78 is 24.1. The van der Waals surface area contributed by atoms with Gasteiger partial charge in [0, 0.05) is 20.2 Å². The molecule has 3 aromatic carbocycles. The number of nitrogens with one attached hydrogen (secondary N) is 1. The average molecular weight is 451 g/mol. The quantitative estimate of drug-likeness (QED) is 0.452. The van der Waals surface area contributed by atoms with E-state index in [0.717, 1.165) is 0 Å². The fourth-order valence-electron chi connectivity index (χ4n) is 3.34. The fraction of sp³-hybridized carbons (Fsp3) is 0.231. The Morgan fingerprint density at radius 2 is 1.58 bits per heavy atom. The Bertz CT molecular complexity index is 1010. The number of ether oxygens (including phenoxy) is 2. The molecule has 0 fully saturated rings. The van der Waals surface area contributed by atoms with E-state index in [9.17, 15) is 14.0 Å². The van der Waals surface area contributed by atoms with Crippen molar-refractivity contribution in [3.8, 4) is 5.75 Å². The van der Waals surface area contributed by atoms with Crippen LogP contribution in [-0.4, -0.2) is 43.6 Å². The third kappa shape index (κ3) is 7.15. The lowest BCUT2D eigenvalue weighted by atomic mass is 10.0. The number of nitrogens with zero attached hydrogens (tertiary/aromatic N) is 1. The molecule has 2 amide bonds. The van der Waals surface area contributed by atoms with Gasteiger partial charge in [-0.05, 0) is 35.4 Å². The van der Waals surface area contributed by atoms with Gasteiger partial charge < -0.3 is 19.7 Å². The van der Waals surface area contributed by atoms with E-state index in [1.54, 1.807) is 43.5 Å². The summed E-state index contributed by atoms with van der Waals surface area (Å²) in [6, 6.07) is 23.0. The highest BCUT2D eigenvalue weighted by molar-refractivity contribution is 5.89.